The Labute approximate surface area is 211 Å². The molecule has 0 spiro atoms. The zero-order valence-electron chi connectivity index (χ0n) is 22.5. The Bertz CT molecular complexity index is 851. The van der Waals surface area contributed by atoms with E-state index in [1.807, 2.05) is 25.7 Å². The highest BCUT2D eigenvalue weighted by Crippen LogP contribution is 2.28. The second-order valence-corrected chi connectivity index (χ2v) is 10.9. The first-order valence-corrected chi connectivity index (χ1v) is 13.4. The molecule has 196 valence electrons. The van der Waals surface area contributed by atoms with Crippen LogP contribution in [0.25, 0.3) is 0 Å². The van der Waals surface area contributed by atoms with Gasteiger partial charge in [0.2, 0.25) is 5.91 Å². The number of hydrogen-bond acceptors (Lipinski definition) is 5. The van der Waals surface area contributed by atoms with Gasteiger partial charge in [-0.15, -0.1) is 0 Å². The second kappa shape index (κ2) is 12.6. The summed E-state index contributed by atoms with van der Waals surface area (Å²) >= 11 is 0. The molecule has 3 rings (SSSR count). The molecule has 7 heteroatoms. The molecule has 1 atom stereocenters. The van der Waals surface area contributed by atoms with Gasteiger partial charge >= 0.3 is 6.09 Å². The summed E-state index contributed by atoms with van der Waals surface area (Å²) in [5, 5.41) is 0. The summed E-state index contributed by atoms with van der Waals surface area (Å²) < 4.78 is 10.9. The van der Waals surface area contributed by atoms with Crippen LogP contribution in [-0.4, -0.2) is 84.7 Å². The summed E-state index contributed by atoms with van der Waals surface area (Å²) in [4.78, 5) is 31.3. The Kier molecular flexibility index (Phi) is 9.84. The Morgan fingerprint density at radius 1 is 1.14 bits per heavy atom. The smallest absolute Gasteiger partial charge is 0.410 e. The summed E-state index contributed by atoms with van der Waals surface area (Å²) in [5.41, 5.74) is 2.33. The number of rotatable bonds is 9. The van der Waals surface area contributed by atoms with Crippen LogP contribution in [0.5, 0.6) is 5.75 Å². The molecule has 2 amide bonds. The summed E-state index contributed by atoms with van der Waals surface area (Å²) in [6, 6.07) is 7.06. The average Bonchev–Trinajstić information content (AvgIpc) is 3.00. The average molecular weight is 488 g/mol. The van der Waals surface area contributed by atoms with Gasteiger partial charge in [0.25, 0.3) is 0 Å². The molecule has 1 heterocycles. The second-order valence-electron chi connectivity index (χ2n) is 10.9. The van der Waals surface area contributed by atoms with E-state index in [0.717, 1.165) is 63.9 Å². The van der Waals surface area contributed by atoms with Crippen molar-refractivity contribution in [3.8, 4) is 5.75 Å². The summed E-state index contributed by atoms with van der Waals surface area (Å²) in [6.07, 6.45) is 7.00. The number of unbranched alkanes of at least 4 members (excludes halogenated alkanes) is 1. The molecule has 0 radical (unpaired) electrons. The summed E-state index contributed by atoms with van der Waals surface area (Å²) in [7, 11) is 1.73. The van der Waals surface area contributed by atoms with Crippen LogP contribution in [0, 0.1) is 0 Å². The minimum atomic E-state index is -0.553. The van der Waals surface area contributed by atoms with Gasteiger partial charge in [-0.1, -0.05) is 13.0 Å². The van der Waals surface area contributed by atoms with Crippen molar-refractivity contribution < 1.29 is 19.1 Å². The highest BCUT2D eigenvalue weighted by Gasteiger charge is 2.28. The highest BCUT2D eigenvalue weighted by atomic mass is 16.6. The number of amides is 2. The molecule has 1 unspecified atom stereocenters. The standard InChI is InChI=1S/C28H45N3O4/c1-6-14-29(24-12-10-22-11-13-25(34-5)20-23(22)19-24)15-7-8-16-30-17-9-18-31(21-26(30)32)27(33)35-28(2,3)4/h11,13,20,24H,6-10,12,14-19,21H2,1-5H3. The Morgan fingerprint density at radius 2 is 1.94 bits per heavy atom. The molecule has 1 aromatic rings. The maximum Gasteiger partial charge on any atom is 0.410 e. The quantitative estimate of drug-likeness (QED) is 0.480. The molecule has 7 nitrogen and oxygen atoms in total. The van der Waals surface area contributed by atoms with Gasteiger partial charge in [-0.25, -0.2) is 4.79 Å². The first-order chi connectivity index (χ1) is 16.7. The molecule has 1 aliphatic carbocycles. The lowest BCUT2D eigenvalue weighted by Gasteiger charge is -2.35. The molecular formula is C28H45N3O4. The molecule has 0 saturated carbocycles. The molecule has 35 heavy (non-hydrogen) atoms. The minimum absolute atomic E-state index is 0.0246. The van der Waals surface area contributed by atoms with Gasteiger partial charge in [-0.2, -0.15) is 0 Å². The van der Waals surface area contributed by atoms with Gasteiger partial charge in [-0.05, 0) is 102 Å². The third kappa shape index (κ3) is 8.13. The molecule has 2 aliphatic rings. The van der Waals surface area contributed by atoms with Crippen LogP contribution in [0.2, 0.25) is 0 Å². The van der Waals surface area contributed by atoms with Gasteiger partial charge in [0, 0.05) is 25.7 Å². The fourth-order valence-corrected chi connectivity index (χ4v) is 5.17. The van der Waals surface area contributed by atoms with E-state index in [1.165, 1.54) is 17.5 Å². The molecule has 0 N–H and O–H groups in total. The van der Waals surface area contributed by atoms with Crippen molar-refractivity contribution in [1.82, 2.24) is 14.7 Å². The molecule has 1 saturated heterocycles. The lowest BCUT2D eigenvalue weighted by Crippen LogP contribution is -2.42. The number of fused-ring (bicyclic) bond motifs is 1. The van der Waals surface area contributed by atoms with E-state index >= 15 is 0 Å². The number of ether oxygens (including phenoxy) is 2. The number of carbonyl (C=O) groups is 2. The first-order valence-electron chi connectivity index (χ1n) is 13.4. The highest BCUT2D eigenvalue weighted by molar-refractivity contribution is 5.82. The SMILES string of the molecule is CCCN(CCCCN1CCCN(C(=O)OC(C)(C)C)CC1=O)C1CCc2ccc(OC)cc2C1. The molecular weight excluding hydrogens is 442 g/mol. The van der Waals surface area contributed by atoms with Crippen molar-refractivity contribution >= 4 is 12.0 Å². The van der Waals surface area contributed by atoms with Crippen molar-refractivity contribution in [3.63, 3.8) is 0 Å². The van der Waals surface area contributed by atoms with Crippen LogP contribution in [0.1, 0.15) is 70.9 Å². The third-order valence-electron chi connectivity index (χ3n) is 6.95. The maximum absolute atomic E-state index is 12.8. The van der Waals surface area contributed by atoms with Crippen LogP contribution < -0.4 is 4.74 Å². The normalized spacial score (nSPS) is 18.9. The summed E-state index contributed by atoms with van der Waals surface area (Å²) in [5.74, 6) is 0.968. The minimum Gasteiger partial charge on any atom is -0.497 e. The van der Waals surface area contributed by atoms with E-state index in [4.69, 9.17) is 9.47 Å². The Hall–Kier alpha value is -2.28. The van der Waals surface area contributed by atoms with E-state index in [0.29, 0.717) is 19.1 Å². The lowest BCUT2D eigenvalue weighted by molar-refractivity contribution is -0.131. The molecule has 0 bridgehead atoms. The monoisotopic (exact) mass is 487 g/mol. The van der Waals surface area contributed by atoms with Gasteiger partial charge in [0.05, 0.1) is 7.11 Å². The van der Waals surface area contributed by atoms with Gasteiger partial charge in [0.15, 0.2) is 0 Å². The molecule has 0 aromatic heterocycles. The molecule has 1 aliphatic heterocycles. The van der Waals surface area contributed by atoms with Gasteiger partial charge < -0.3 is 19.3 Å². The van der Waals surface area contributed by atoms with Crippen molar-refractivity contribution in [1.29, 1.82) is 0 Å². The Balaban J connectivity index is 1.47. The topological polar surface area (TPSA) is 62.3 Å². The van der Waals surface area contributed by atoms with Crippen molar-refractivity contribution in [2.45, 2.75) is 84.3 Å². The summed E-state index contributed by atoms with van der Waals surface area (Å²) in [6.45, 7) is 12.1. The van der Waals surface area contributed by atoms with Crippen LogP contribution in [0.3, 0.4) is 0 Å². The number of hydrogen-bond donors (Lipinski definition) is 0. The first kappa shape index (κ1) is 27.3. The molecule has 1 aromatic carbocycles. The fourth-order valence-electron chi connectivity index (χ4n) is 5.17. The van der Waals surface area contributed by atoms with Crippen LogP contribution >= 0.6 is 0 Å². The van der Waals surface area contributed by atoms with Crippen LogP contribution in [0.15, 0.2) is 18.2 Å². The van der Waals surface area contributed by atoms with Crippen LogP contribution in [-0.2, 0) is 22.4 Å². The molecule has 1 fully saturated rings. The number of nitrogens with zero attached hydrogens (tertiary/aromatic N) is 3. The fraction of sp³-hybridized carbons (Fsp3) is 0.714. The van der Waals surface area contributed by atoms with Crippen LogP contribution in [0.4, 0.5) is 4.79 Å². The zero-order chi connectivity index (χ0) is 25.4. The predicted octanol–water partition coefficient (Wildman–Crippen LogP) is 4.51. The van der Waals surface area contributed by atoms with E-state index in [9.17, 15) is 9.59 Å². The van der Waals surface area contributed by atoms with Gasteiger partial charge in [-0.3, -0.25) is 9.69 Å². The lowest BCUT2D eigenvalue weighted by atomic mass is 9.87. The third-order valence-corrected chi connectivity index (χ3v) is 6.95. The Morgan fingerprint density at radius 3 is 2.66 bits per heavy atom. The predicted molar refractivity (Wildman–Crippen MR) is 139 cm³/mol. The maximum atomic E-state index is 12.8. The number of methoxy groups -OCH3 is 1. The largest absolute Gasteiger partial charge is 0.497 e. The van der Waals surface area contributed by atoms with E-state index in [2.05, 4.69) is 30.0 Å². The van der Waals surface area contributed by atoms with E-state index in [1.54, 1.807) is 12.0 Å². The van der Waals surface area contributed by atoms with E-state index in [-0.39, 0.29) is 12.5 Å². The van der Waals surface area contributed by atoms with E-state index < -0.39 is 11.7 Å². The van der Waals surface area contributed by atoms with Crippen molar-refractivity contribution in [2.24, 2.45) is 0 Å². The number of benzene rings is 1. The van der Waals surface area contributed by atoms with Gasteiger partial charge in [0.1, 0.15) is 17.9 Å². The zero-order valence-corrected chi connectivity index (χ0v) is 22.5. The number of carbonyl (C=O) groups excluding carboxylic acids is 2. The van der Waals surface area contributed by atoms with Crippen molar-refractivity contribution in [3.05, 3.63) is 29.3 Å². The van der Waals surface area contributed by atoms with Crippen molar-refractivity contribution in [2.75, 3.05) is 46.4 Å². The number of aryl methyl sites for hydroxylation is 1.